The number of hydrazine groups is 1. The van der Waals surface area contributed by atoms with Crippen LogP contribution in [0, 0.1) is 0 Å². The van der Waals surface area contributed by atoms with Gasteiger partial charge in [-0.3, -0.25) is 9.69 Å². The van der Waals surface area contributed by atoms with Gasteiger partial charge in [-0.2, -0.15) is 0 Å². The number of carbonyl (C=O) groups is 1. The average molecular weight is 266 g/mol. The first-order chi connectivity index (χ1) is 9.29. The highest BCUT2D eigenvalue weighted by molar-refractivity contribution is 5.69. The van der Waals surface area contributed by atoms with Gasteiger partial charge in [0.05, 0.1) is 6.42 Å². The summed E-state index contributed by atoms with van der Waals surface area (Å²) in [7, 11) is 0. The van der Waals surface area contributed by atoms with Gasteiger partial charge in [0.25, 0.3) is 0 Å². The number of aromatic nitrogens is 2. The van der Waals surface area contributed by atoms with E-state index in [1.165, 1.54) is 0 Å². The third kappa shape index (κ3) is 4.12. The number of piperazine rings is 1. The van der Waals surface area contributed by atoms with E-state index < -0.39 is 0 Å². The van der Waals surface area contributed by atoms with E-state index in [2.05, 4.69) is 24.6 Å². The van der Waals surface area contributed by atoms with Crippen molar-refractivity contribution in [2.45, 2.75) is 6.42 Å². The molecule has 1 saturated heterocycles. The van der Waals surface area contributed by atoms with E-state index in [1.54, 1.807) is 18.5 Å². The molecule has 0 atom stereocenters. The summed E-state index contributed by atoms with van der Waals surface area (Å²) in [4.78, 5) is 28.4. The number of nitrogens with one attached hydrogen (secondary N) is 1. The zero-order valence-electron chi connectivity index (χ0n) is 10.7. The van der Waals surface area contributed by atoms with Gasteiger partial charge in [-0.15, -0.1) is 0 Å². The minimum atomic E-state index is -0.351. The predicted octanol–water partition coefficient (Wildman–Crippen LogP) is -1.09. The van der Waals surface area contributed by atoms with Crippen molar-refractivity contribution in [3.8, 4) is 0 Å². The molecule has 19 heavy (non-hydrogen) atoms. The number of hydrogen-bond acceptors (Lipinski definition) is 8. The zero-order valence-corrected chi connectivity index (χ0v) is 10.7. The van der Waals surface area contributed by atoms with Crippen molar-refractivity contribution < 1.29 is 9.63 Å². The van der Waals surface area contributed by atoms with Gasteiger partial charge in [0.2, 0.25) is 5.95 Å². The molecule has 1 fully saturated rings. The summed E-state index contributed by atoms with van der Waals surface area (Å²) in [5.74, 6) is 5.30. The van der Waals surface area contributed by atoms with E-state index in [0.717, 1.165) is 32.1 Å². The van der Waals surface area contributed by atoms with Crippen LogP contribution in [-0.4, -0.2) is 53.6 Å². The summed E-state index contributed by atoms with van der Waals surface area (Å²) in [6.45, 7) is 4.13. The molecule has 104 valence electrons. The highest BCUT2D eigenvalue weighted by Crippen LogP contribution is 2.09. The second kappa shape index (κ2) is 6.98. The van der Waals surface area contributed by atoms with Crippen molar-refractivity contribution in [3.05, 3.63) is 18.5 Å². The molecule has 1 aromatic heterocycles. The molecule has 2 rings (SSSR count). The maximum atomic E-state index is 11.1. The number of rotatable bonds is 5. The summed E-state index contributed by atoms with van der Waals surface area (Å²) >= 11 is 0. The molecule has 1 aromatic rings. The maximum absolute atomic E-state index is 11.1. The molecule has 0 spiro atoms. The Morgan fingerprint density at radius 1 is 1.32 bits per heavy atom. The van der Waals surface area contributed by atoms with E-state index in [9.17, 15) is 4.79 Å². The number of hydrogen-bond donors (Lipinski definition) is 2. The fourth-order valence-electron chi connectivity index (χ4n) is 1.99. The lowest BCUT2D eigenvalue weighted by Gasteiger charge is -2.34. The second-order valence-corrected chi connectivity index (χ2v) is 4.22. The Hall–Kier alpha value is -1.77. The highest BCUT2D eigenvalue weighted by Gasteiger charge is 2.19. The number of nitrogens with two attached hydrogens (primary N) is 1. The van der Waals surface area contributed by atoms with Crippen LogP contribution in [-0.2, 0) is 9.63 Å². The SMILES string of the molecule is NNOC(=O)CCN1CCN(c2ncccn2)CC1. The van der Waals surface area contributed by atoms with Gasteiger partial charge in [0.15, 0.2) is 0 Å². The summed E-state index contributed by atoms with van der Waals surface area (Å²) in [5.41, 5.74) is 1.89. The minimum absolute atomic E-state index is 0.325. The normalized spacial score (nSPS) is 16.4. The third-order valence-corrected chi connectivity index (χ3v) is 3.01. The smallest absolute Gasteiger partial charge is 0.327 e. The fourth-order valence-corrected chi connectivity index (χ4v) is 1.99. The topological polar surface area (TPSA) is 96.6 Å². The van der Waals surface area contributed by atoms with Crippen LogP contribution in [0.15, 0.2) is 18.5 Å². The Morgan fingerprint density at radius 3 is 2.63 bits per heavy atom. The lowest BCUT2D eigenvalue weighted by molar-refractivity contribution is -0.151. The molecule has 8 nitrogen and oxygen atoms in total. The minimum Gasteiger partial charge on any atom is -0.356 e. The van der Waals surface area contributed by atoms with Gasteiger partial charge in [-0.1, -0.05) is 5.59 Å². The molecule has 1 aliphatic heterocycles. The van der Waals surface area contributed by atoms with Crippen molar-refractivity contribution in [2.75, 3.05) is 37.6 Å². The third-order valence-electron chi connectivity index (χ3n) is 3.01. The van der Waals surface area contributed by atoms with Gasteiger partial charge in [0.1, 0.15) is 0 Å². The standard InChI is InChI=1S/C11H18N6O2/c12-15-19-10(18)2-5-16-6-8-17(9-7-16)11-13-3-1-4-14-11/h1,3-4,15H,2,5-9,12H2. The van der Waals surface area contributed by atoms with Crippen molar-refractivity contribution in [1.29, 1.82) is 0 Å². The summed E-state index contributed by atoms with van der Waals surface area (Å²) < 4.78 is 0. The van der Waals surface area contributed by atoms with E-state index in [-0.39, 0.29) is 5.97 Å². The van der Waals surface area contributed by atoms with Gasteiger partial charge in [-0.25, -0.2) is 15.8 Å². The lowest BCUT2D eigenvalue weighted by Crippen LogP contribution is -2.47. The molecule has 0 bridgehead atoms. The molecular formula is C11H18N6O2. The van der Waals surface area contributed by atoms with Crippen molar-refractivity contribution in [3.63, 3.8) is 0 Å². The highest BCUT2D eigenvalue weighted by atomic mass is 16.7. The Balaban J connectivity index is 1.72. The number of nitrogens with zero attached hydrogens (tertiary/aromatic N) is 4. The van der Waals surface area contributed by atoms with Crippen molar-refractivity contribution >= 4 is 11.9 Å². The van der Waals surface area contributed by atoms with E-state index in [0.29, 0.717) is 13.0 Å². The van der Waals surface area contributed by atoms with Crippen LogP contribution in [0.2, 0.25) is 0 Å². The Labute approximate surface area is 111 Å². The summed E-state index contributed by atoms with van der Waals surface area (Å²) in [5, 5.41) is 0. The van der Waals surface area contributed by atoms with Gasteiger partial charge in [-0.05, 0) is 6.07 Å². The molecule has 0 saturated carbocycles. The van der Waals surface area contributed by atoms with Crippen molar-refractivity contribution in [2.24, 2.45) is 5.84 Å². The predicted molar refractivity (Wildman–Crippen MR) is 68.7 cm³/mol. The van der Waals surface area contributed by atoms with Gasteiger partial charge in [0, 0.05) is 45.1 Å². The molecule has 8 heteroatoms. The molecule has 0 radical (unpaired) electrons. The molecule has 2 heterocycles. The van der Waals surface area contributed by atoms with Crippen LogP contribution in [0.1, 0.15) is 6.42 Å². The van der Waals surface area contributed by atoms with Crippen LogP contribution in [0.25, 0.3) is 0 Å². The van der Waals surface area contributed by atoms with Crippen LogP contribution in [0.3, 0.4) is 0 Å². The van der Waals surface area contributed by atoms with E-state index >= 15 is 0 Å². The molecule has 0 aliphatic carbocycles. The van der Waals surface area contributed by atoms with Gasteiger partial charge >= 0.3 is 5.97 Å². The second-order valence-electron chi connectivity index (χ2n) is 4.22. The monoisotopic (exact) mass is 266 g/mol. The molecule has 0 unspecified atom stereocenters. The zero-order chi connectivity index (χ0) is 13.5. The van der Waals surface area contributed by atoms with Crippen LogP contribution in [0.4, 0.5) is 5.95 Å². The molecule has 1 aliphatic rings. The Bertz CT molecular complexity index is 393. The van der Waals surface area contributed by atoms with Crippen molar-refractivity contribution in [1.82, 2.24) is 20.5 Å². The first-order valence-electron chi connectivity index (χ1n) is 6.19. The van der Waals surface area contributed by atoms with E-state index in [1.807, 2.05) is 5.59 Å². The molecule has 0 amide bonds. The Morgan fingerprint density at radius 2 is 2.00 bits per heavy atom. The van der Waals surface area contributed by atoms with Crippen LogP contribution < -0.4 is 16.3 Å². The Kier molecular flexibility index (Phi) is 5.01. The van der Waals surface area contributed by atoms with Gasteiger partial charge < -0.3 is 9.74 Å². The summed E-state index contributed by atoms with van der Waals surface area (Å²) in [6.07, 6.45) is 3.81. The maximum Gasteiger partial charge on any atom is 0.327 e. The fraction of sp³-hybridized carbons (Fsp3) is 0.545. The quantitative estimate of drug-likeness (QED) is 0.512. The molecular weight excluding hydrogens is 248 g/mol. The average Bonchev–Trinajstić information content (AvgIpc) is 2.47. The first kappa shape index (κ1) is 13.7. The first-order valence-corrected chi connectivity index (χ1v) is 6.19. The lowest BCUT2D eigenvalue weighted by atomic mass is 10.3. The van der Waals surface area contributed by atoms with Crippen LogP contribution >= 0.6 is 0 Å². The molecule has 0 aromatic carbocycles. The van der Waals surface area contributed by atoms with E-state index in [4.69, 9.17) is 5.84 Å². The van der Waals surface area contributed by atoms with Crippen LogP contribution in [0.5, 0.6) is 0 Å². The number of anilines is 1. The summed E-state index contributed by atoms with van der Waals surface area (Å²) in [6, 6.07) is 1.80. The largest absolute Gasteiger partial charge is 0.356 e. The molecule has 3 N–H and O–H groups in total. The number of carbonyl (C=O) groups excluding carboxylic acids is 1.